The number of benzene rings is 1. The first-order valence-corrected chi connectivity index (χ1v) is 4.51. The molecule has 0 aliphatic rings. The fourth-order valence-corrected chi connectivity index (χ4v) is 1.15. The van der Waals surface area contributed by atoms with Gasteiger partial charge in [0.2, 0.25) is 0 Å². The molecule has 0 aromatic heterocycles. The molecule has 2 nitrogen and oxygen atoms in total. The summed E-state index contributed by atoms with van der Waals surface area (Å²) in [6.45, 7) is 3.63. The predicted molar refractivity (Wildman–Crippen MR) is 55.9 cm³/mol. The van der Waals surface area contributed by atoms with Crippen molar-refractivity contribution in [2.75, 3.05) is 12.4 Å². The van der Waals surface area contributed by atoms with Crippen molar-refractivity contribution in [3.63, 3.8) is 0 Å². The van der Waals surface area contributed by atoms with Crippen LogP contribution in [0.1, 0.15) is 0 Å². The highest BCUT2D eigenvalue weighted by molar-refractivity contribution is 9.10. The minimum Gasteiger partial charge on any atom is -0.375 e. The van der Waals surface area contributed by atoms with Crippen LogP contribution in [0, 0.1) is 5.82 Å². The van der Waals surface area contributed by atoms with Gasteiger partial charge in [-0.25, -0.2) is 4.39 Å². The molecule has 0 unspecified atom stereocenters. The second-order valence-corrected chi connectivity index (χ2v) is 3.39. The van der Waals surface area contributed by atoms with E-state index in [2.05, 4.69) is 33.1 Å². The molecule has 1 rings (SSSR count). The van der Waals surface area contributed by atoms with E-state index in [-0.39, 0.29) is 5.82 Å². The molecule has 0 radical (unpaired) electrons. The van der Waals surface area contributed by atoms with Crippen LogP contribution in [0.4, 0.5) is 10.1 Å². The third-order valence-corrected chi connectivity index (χ3v) is 2.01. The van der Waals surface area contributed by atoms with Crippen molar-refractivity contribution >= 4 is 21.6 Å². The van der Waals surface area contributed by atoms with Crippen LogP contribution in [0.2, 0.25) is 0 Å². The van der Waals surface area contributed by atoms with E-state index in [1.807, 2.05) is 0 Å². The fraction of sp³-hybridized carbons (Fsp3) is 0.111. The first kappa shape index (κ1) is 10.1. The second kappa shape index (κ2) is 4.28. The normalized spacial score (nSPS) is 9.46. The average Bonchev–Trinajstić information content (AvgIpc) is 2.09. The highest BCUT2D eigenvalue weighted by Gasteiger charge is 2.01. The van der Waals surface area contributed by atoms with Gasteiger partial charge in [0.05, 0.1) is 11.5 Å². The van der Waals surface area contributed by atoms with Gasteiger partial charge in [0.15, 0.2) is 0 Å². The maximum absolute atomic E-state index is 13.2. The molecule has 2 N–H and O–H groups in total. The first-order valence-electron chi connectivity index (χ1n) is 3.72. The second-order valence-electron chi connectivity index (χ2n) is 2.48. The summed E-state index contributed by atoms with van der Waals surface area (Å²) in [5, 5.41) is 5.56. The molecule has 0 heterocycles. The predicted octanol–water partition coefficient (Wildman–Crippen LogP) is 2.69. The summed E-state index contributed by atoms with van der Waals surface area (Å²) in [5.74, 6) is 0.243. The molecule has 0 atom stereocenters. The van der Waals surface area contributed by atoms with E-state index in [4.69, 9.17) is 0 Å². The van der Waals surface area contributed by atoms with E-state index in [1.165, 1.54) is 6.07 Å². The lowest BCUT2D eigenvalue weighted by Gasteiger charge is -2.09. The zero-order valence-corrected chi connectivity index (χ0v) is 8.78. The van der Waals surface area contributed by atoms with Crippen LogP contribution in [0.15, 0.2) is 35.1 Å². The third-order valence-electron chi connectivity index (χ3n) is 1.52. The molecule has 0 aliphatic heterocycles. The number of halogens is 2. The topological polar surface area (TPSA) is 24.1 Å². The smallest absolute Gasteiger partial charge is 0.147 e. The molecule has 1 aromatic rings. The Balaban J connectivity index is 2.83. The van der Waals surface area contributed by atoms with E-state index in [0.29, 0.717) is 16.0 Å². The van der Waals surface area contributed by atoms with E-state index in [0.717, 1.165) is 0 Å². The molecular formula is C9H10BrFN2. The summed E-state index contributed by atoms with van der Waals surface area (Å²) in [6.07, 6.45) is 0. The third kappa shape index (κ3) is 2.73. The van der Waals surface area contributed by atoms with Crippen molar-refractivity contribution in [3.8, 4) is 0 Å². The Labute approximate surface area is 85.0 Å². The number of nitrogens with one attached hydrogen (secondary N) is 2. The summed E-state index contributed by atoms with van der Waals surface area (Å²) in [7, 11) is 1.71. The van der Waals surface area contributed by atoms with E-state index in [1.54, 1.807) is 19.2 Å². The van der Waals surface area contributed by atoms with Crippen molar-refractivity contribution in [2.45, 2.75) is 0 Å². The molecule has 0 saturated heterocycles. The zero-order chi connectivity index (χ0) is 9.84. The van der Waals surface area contributed by atoms with Crippen LogP contribution >= 0.6 is 15.9 Å². The molecule has 0 aliphatic carbocycles. The molecule has 13 heavy (non-hydrogen) atoms. The lowest BCUT2D eigenvalue weighted by atomic mass is 10.3. The lowest BCUT2D eigenvalue weighted by Crippen LogP contribution is -2.13. The van der Waals surface area contributed by atoms with Gasteiger partial charge in [-0.15, -0.1) is 0 Å². The monoisotopic (exact) mass is 244 g/mol. The van der Waals surface area contributed by atoms with Crippen LogP contribution in [0.3, 0.4) is 0 Å². The van der Waals surface area contributed by atoms with Gasteiger partial charge in [-0.2, -0.15) is 0 Å². The van der Waals surface area contributed by atoms with Crippen molar-refractivity contribution in [3.05, 3.63) is 40.9 Å². The van der Waals surface area contributed by atoms with E-state index < -0.39 is 0 Å². The Hall–Kier alpha value is -1.03. The fourth-order valence-electron chi connectivity index (χ4n) is 0.816. The molecule has 4 heteroatoms. The quantitative estimate of drug-likeness (QED) is 0.855. The maximum Gasteiger partial charge on any atom is 0.147 e. The molecule has 0 saturated carbocycles. The van der Waals surface area contributed by atoms with Gasteiger partial charge in [0, 0.05) is 11.5 Å². The molecule has 0 fully saturated rings. The number of hydrogen-bond donors (Lipinski definition) is 2. The summed E-state index contributed by atoms with van der Waals surface area (Å²) in [4.78, 5) is 0. The number of anilines is 1. The Morgan fingerprint density at radius 1 is 1.54 bits per heavy atom. The minimum absolute atomic E-state index is 0.314. The molecule has 0 spiro atoms. The number of rotatable bonds is 3. The van der Waals surface area contributed by atoms with Gasteiger partial charge in [-0.05, 0) is 18.2 Å². The standard InChI is InChI=1S/C9H10BrFN2/c1-6(12-2)13-9-4-3-7(10)5-8(9)11/h3-5,12-13H,1H2,2H3. The van der Waals surface area contributed by atoms with Gasteiger partial charge in [0.25, 0.3) is 0 Å². The molecule has 70 valence electrons. The maximum atomic E-state index is 13.2. The SMILES string of the molecule is C=C(NC)Nc1ccc(Br)cc1F. The van der Waals surface area contributed by atoms with Crippen molar-refractivity contribution in [2.24, 2.45) is 0 Å². The Morgan fingerprint density at radius 2 is 2.23 bits per heavy atom. The number of hydrogen-bond acceptors (Lipinski definition) is 2. The first-order chi connectivity index (χ1) is 6.13. The van der Waals surface area contributed by atoms with E-state index in [9.17, 15) is 4.39 Å². The van der Waals surface area contributed by atoms with Crippen molar-refractivity contribution in [1.29, 1.82) is 0 Å². The summed E-state index contributed by atoms with van der Waals surface area (Å²) in [5.41, 5.74) is 0.405. The largest absolute Gasteiger partial charge is 0.375 e. The molecule has 0 bridgehead atoms. The summed E-state index contributed by atoms with van der Waals surface area (Å²) >= 11 is 3.17. The summed E-state index contributed by atoms with van der Waals surface area (Å²) in [6, 6.07) is 4.79. The van der Waals surface area contributed by atoms with E-state index >= 15 is 0 Å². The van der Waals surface area contributed by atoms with Gasteiger partial charge in [-0.3, -0.25) is 0 Å². The molecular weight excluding hydrogens is 235 g/mol. The lowest BCUT2D eigenvalue weighted by molar-refractivity contribution is 0.630. The van der Waals surface area contributed by atoms with Crippen LogP contribution in [0.25, 0.3) is 0 Å². The molecule has 1 aromatic carbocycles. The average molecular weight is 245 g/mol. The van der Waals surface area contributed by atoms with Gasteiger partial charge >= 0.3 is 0 Å². The van der Waals surface area contributed by atoms with Crippen LogP contribution in [-0.2, 0) is 0 Å². The van der Waals surface area contributed by atoms with Crippen molar-refractivity contribution < 1.29 is 4.39 Å². The van der Waals surface area contributed by atoms with Crippen molar-refractivity contribution in [1.82, 2.24) is 5.32 Å². The van der Waals surface area contributed by atoms with Crippen LogP contribution < -0.4 is 10.6 Å². The minimum atomic E-state index is -0.314. The summed E-state index contributed by atoms with van der Waals surface area (Å²) < 4.78 is 13.9. The highest BCUT2D eigenvalue weighted by Crippen LogP contribution is 2.19. The van der Waals surface area contributed by atoms with Gasteiger partial charge in [0.1, 0.15) is 5.82 Å². The molecule has 0 amide bonds. The highest BCUT2D eigenvalue weighted by atomic mass is 79.9. The zero-order valence-electron chi connectivity index (χ0n) is 7.20. The Kier molecular flexibility index (Phi) is 3.31. The van der Waals surface area contributed by atoms with Gasteiger partial charge < -0.3 is 10.6 Å². The Morgan fingerprint density at radius 3 is 2.77 bits per heavy atom. The van der Waals surface area contributed by atoms with Crippen LogP contribution in [-0.4, -0.2) is 7.05 Å². The van der Waals surface area contributed by atoms with Crippen LogP contribution in [0.5, 0.6) is 0 Å². The Bertz CT molecular complexity index is 325. The van der Waals surface area contributed by atoms with Gasteiger partial charge in [-0.1, -0.05) is 22.5 Å².